The summed E-state index contributed by atoms with van der Waals surface area (Å²) in [6.45, 7) is 4.44. The lowest BCUT2D eigenvalue weighted by atomic mass is 10.1. The van der Waals surface area contributed by atoms with Gasteiger partial charge in [-0.2, -0.15) is 8.42 Å². The third-order valence-electron chi connectivity index (χ3n) is 4.86. The Hall–Kier alpha value is -2.91. The molecule has 0 atom stereocenters. The second-order valence-electron chi connectivity index (χ2n) is 7.39. The van der Waals surface area contributed by atoms with E-state index in [0.29, 0.717) is 24.4 Å². The predicted octanol–water partition coefficient (Wildman–Crippen LogP) is 3.36. The topological polar surface area (TPSA) is 114 Å². The smallest absolute Gasteiger partial charge is 0.303 e. The van der Waals surface area contributed by atoms with Crippen LogP contribution < -0.4 is 10.9 Å². The number of nitrogens with zero attached hydrogens (tertiary/aromatic N) is 3. The van der Waals surface area contributed by atoms with Crippen molar-refractivity contribution in [3.05, 3.63) is 57.5 Å². The van der Waals surface area contributed by atoms with E-state index in [1.165, 1.54) is 16.8 Å². The highest BCUT2D eigenvalue weighted by atomic mass is 35.5. The number of hydrogen-bond donors (Lipinski definition) is 2. The average Bonchev–Trinajstić information content (AvgIpc) is 2.67. The van der Waals surface area contributed by atoms with Gasteiger partial charge in [0.25, 0.3) is 5.56 Å². The summed E-state index contributed by atoms with van der Waals surface area (Å²) in [5, 5.41) is 14.0. The van der Waals surface area contributed by atoms with Crippen LogP contribution in [0.5, 0.6) is 5.75 Å². The molecule has 0 bridgehead atoms. The number of halogens is 1. The Morgan fingerprint density at radius 1 is 1.23 bits per heavy atom. The van der Waals surface area contributed by atoms with Crippen LogP contribution in [0.3, 0.4) is 0 Å². The van der Waals surface area contributed by atoms with Gasteiger partial charge in [-0.05, 0) is 36.6 Å². The number of fused-ring (bicyclic) bond motifs is 2. The maximum absolute atomic E-state index is 13.4. The third kappa shape index (κ3) is 3.33. The van der Waals surface area contributed by atoms with Gasteiger partial charge in [0.15, 0.2) is 5.84 Å². The molecule has 4 rings (SSSR count). The molecule has 10 heteroatoms. The number of hydrogen-bond acceptors (Lipinski definition) is 6. The molecular weight excluding hydrogens is 428 g/mol. The van der Waals surface area contributed by atoms with Crippen molar-refractivity contribution in [2.75, 3.05) is 5.32 Å². The van der Waals surface area contributed by atoms with Crippen LogP contribution in [0.25, 0.3) is 10.9 Å². The van der Waals surface area contributed by atoms with Crippen molar-refractivity contribution in [3.8, 4) is 5.75 Å². The Morgan fingerprint density at radius 2 is 2.00 bits per heavy atom. The van der Waals surface area contributed by atoms with Crippen LogP contribution in [0, 0.1) is 5.92 Å². The molecule has 0 aliphatic carbocycles. The van der Waals surface area contributed by atoms with Crippen molar-refractivity contribution < 1.29 is 13.5 Å². The van der Waals surface area contributed by atoms with E-state index in [4.69, 9.17) is 11.6 Å². The summed E-state index contributed by atoms with van der Waals surface area (Å²) in [6.07, 6.45) is 2.04. The maximum atomic E-state index is 13.4. The van der Waals surface area contributed by atoms with Crippen LogP contribution in [-0.2, 0) is 16.6 Å². The second kappa shape index (κ2) is 7.41. The van der Waals surface area contributed by atoms with Crippen LogP contribution >= 0.6 is 11.6 Å². The Labute approximate surface area is 177 Å². The van der Waals surface area contributed by atoms with Crippen molar-refractivity contribution in [1.82, 2.24) is 9.55 Å². The van der Waals surface area contributed by atoms with Crippen molar-refractivity contribution in [1.29, 1.82) is 0 Å². The summed E-state index contributed by atoms with van der Waals surface area (Å²) in [4.78, 5) is 17.2. The third-order valence-corrected chi connectivity index (χ3v) is 6.41. The minimum Gasteiger partial charge on any atom is -0.506 e. The van der Waals surface area contributed by atoms with Gasteiger partial charge in [0.1, 0.15) is 11.3 Å². The number of pyridine rings is 2. The molecule has 2 aromatic heterocycles. The molecule has 0 amide bonds. The largest absolute Gasteiger partial charge is 0.506 e. The lowest BCUT2D eigenvalue weighted by molar-refractivity contribution is 0.474. The highest BCUT2D eigenvalue weighted by Crippen LogP contribution is 2.35. The molecule has 0 spiro atoms. The van der Waals surface area contributed by atoms with E-state index in [2.05, 4.69) is 14.7 Å². The second-order valence-corrected chi connectivity index (χ2v) is 9.32. The fraction of sp³-hybridized carbons (Fsp3) is 0.250. The zero-order valence-corrected chi connectivity index (χ0v) is 17.8. The predicted molar refractivity (Wildman–Crippen MR) is 116 cm³/mol. The Balaban J connectivity index is 2.02. The van der Waals surface area contributed by atoms with E-state index in [1.807, 2.05) is 13.8 Å². The van der Waals surface area contributed by atoms with Gasteiger partial charge in [-0.3, -0.25) is 4.79 Å². The van der Waals surface area contributed by atoms with E-state index < -0.39 is 21.3 Å². The summed E-state index contributed by atoms with van der Waals surface area (Å²) in [6, 6.07) is 8.05. The number of anilines is 1. The molecule has 156 valence electrons. The van der Waals surface area contributed by atoms with Crippen LogP contribution in [0.15, 0.2) is 50.7 Å². The van der Waals surface area contributed by atoms with Crippen molar-refractivity contribution >= 4 is 44.1 Å². The number of aromatic hydroxyl groups is 1. The summed E-state index contributed by atoms with van der Waals surface area (Å²) in [5.41, 5.74) is -0.167. The van der Waals surface area contributed by atoms with Crippen LogP contribution in [0.4, 0.5) is 5.69 Å². The molecule has 3 aromatic rings. The lowest BCUT2D eigenvalue weighted by Crippen LogP contribution is -2.33. The van der Waals surface area contributed by atoms with Gasteiger partial charge in [-0.1, -0.05) is 31.5 Å². The molecule has 1 aliphatic heterocycles. The molecule has 3 heterocycles. The Bertz CT molecular complexity index is 1360. The Kier molecular flexibility index (Phi) is 5.03. The number of aryl methyl sites for hydroxylation is 1. The summed E-state index contributed by atoms with van der Waals surface area (Å²) in [5.74, 6) is -0.361. The number of benzene rings is 1. The highest BCUT2D eigenvalue weighted by Gasteiger charge is 2.31. The molecule has 1 aromatic carbocycles. The zero-order valence-electron chi connectivity index (χ0n) is 16.3. The first kappa shape index (κ1) is 20.4. The van der Waals surface area contributed by atoms with E-state index in [-0.39, 0.29) is 32.5 Å². The number of amidine groups is 1. The summed E-state index contributed by atoms with van der Waals surface area (Å²) in [7, 11) is -4.15. The number of rotatable bonds is 4. The molecule has 0 fully saturated rings. The van der Waals surface area contributed by atoms with Gasteiger partial charge < -0.3 is 15.0 Å². The molecule has 8 nitrogen and oxygen atoms in total. The molecule has 0 saturated carbocycles. The monoisotopic (exact) mass is 446 g/mol. The molecular formula is C20H19ClN4O4S. The fourth-order valence-electron chi connectivity index (χ4n) is 3.38. The Morgan fingerprint density at radius 3 is 2.73 bits per heavy atom. The minimum atomic E-state index is -4.15. The first-order valence-corrected chi connectivity index (χ1v) is 11.1. The van der Waals surface area contributed by atoms with Crippen LogP contribution in [0.2, 0.25) is 5.02 Å². The van der Waals surface area contributed by atoms with Crippen molar-refractivity contribution in [3.63, 3.8) is 0 Å². The summed E-state index contributed by atoms with van der Waals surface area (Å²) >= 11 is 6.33. The first-order chi connectivity index (χ1) is 14.2. The average molecular weight is 447 g/mol. The highest BCUT2D eigenvalue weighted by molar-refractivity contribution is 7.90. The fourth-order valence-corrected chi connectivity index (χ4v) is 4.69. The number of sulfonamides is 1. The number of aromatic nitrogens is 2. The van der Waals surface area contributed by atoms with Gasteiger partial charge in [-0.25, -0.2) is 4.98 Å². The molecule has 2 N–H and O–H groups in total. The first-order valence-electron chi connectivity index (χ1n) is 9.32. The molecule has 0 radical (unpaired) electrons. The quantitative estimate of drug-likeness (QED) is 0.635. The van der Waals surface area contributed by atoms with Gasteiger partial charge in [0, 0.05) is 12.7 Å². The van der Waals surface area contributed by atoms with E-state index in [9.17, 15) is 18.3 Å². The van der Waals surface area contributed by atoms with Gasteiger partial charge in [0.2, 0.25) is 5.03 Å². The van der Waals surface area contributed by atoms with Crippen LogP contribution in [0.1, 0.15) is 25.8 Å². The van der Waals surface area contributed by atoms with Gasteiger partial charge in [-0.15, -0.1) is 4.40 Å². The number of nitrogens with one attached hydrogen (secondary N) is 1. The minimum absolute atomic E-state index is 0.175. The molecule has 1 aliphatic rings. The zero-order chi connectivity index (χ0) is 21.6. The normalized spacial score (nSPS) is 15.0. The van der Waals surface area contributed by atoms with Gasteiger partial charge in [0.05, 0.1) is 21.6 Å². The molecule has 30 heavy (non-hydrogen) atoms. The van der Waals surface area contributed by atoms with E-state index >= 15 is 0 Å². The van der Waals surface area contributed by atoms with Crippen molar-refractivity contribution in [2.45, 2.75) is 31.8 Å². The standard InChI is InChI=1S/C20H19ClN4O4S/c1-11(2)8-10-25-14-7-3-5-12(21)15(14)17(26)16(20(25)27)18-23-13-6-4-9-22-19(13)30(28,29)24-18/h3-7,9,11,26H,8,10H2,1-2H3,(H,23,24). The lowest BCUT2D eigenvalue weighted by Gasteiger charge is -2.20. The van der Waals surface area contributed by atoms with Crippen molar-refractivity contribution in [2.24, 2.45) is 10.3 Å². The SMILES string of the molecule is CC(C)CCn1c(=O)c(C2=NS(=O)(=O)c3ncccc3N2)c(O)c2c(Cl)cccc21. The van der Waals surface area contributed by atoms with Gasteiger partial charge >= 0.3 is 10.0 Å². The van der Waals surface area contributed by atoms with Crippen LogP contribution in [-0.4, -0.2) is 28.9 Å². The molecule has 0 saturated heterocycles. The summed E-state index contributed by atoms with van der Waals surface area (Å²) < 4.78 is 30.4. The molecule has 0 unspecified atom stereocenters. The van der Waals surface area contributed by atoms with E-state index in [1.54, 1.807) is 24.3 Å². The maximum Gasteiger partial charge on any atom is 0.303 e. The van der Waals surface area contributed by atoms with E-state index in [0.717, 1.165) is 0 Å².